The van der Waals surface area contributed by atoms with Crippen LogP contribution in [0.1, 0.15) is 17.3 Å². The zero-order valence-corrected chi connectivity index (χ0v) is 14.9. The summed E-state index contributed by atoms with van der Waals surface area (Å²) in [5.74, 6) is 0.523. The van der Waals surface area contributed by atoms with E-state index in [1.807, 2.05) is 68.4 Å². The predicted octanol–water partition coefficient (Wildman–Crippen LogP) is 4.26. The summed E-state index contributed by atoms with van der Waals surface area (Å²) in [4.78, 5) is 15.5. The fourth-order valence-electron chi connectivity index (χ4n) is 2.07. The maximum Gasteiger partial charge on any atom is 0.255 e. The van der Waals surface area contributed by atoms with Gasteiger partial charge in [0.25, 0.3) is 5.91 Å². The lowest BCUT2D eigenvalue weighted by Gasteiger charge is -2.14. The molecule has 0 saturated carbocycles. The van der Waals surface area contributed by atoms with Crippen LogP contribution in [0.2, 0.25) is 0 Å². The molecule has 24 heavy (non-hydrogen) atoms. The normalized spacial score (nSPS) is 11.4. The molecule has 0 fully saturated rings. The highest BCUT2D eigenvalue weighted by Gasteiger charge is 2.11. The largest absolute Gasteiger partial charge is 0.378 e. The molecule has 2 aromatic carbocycles. The molecule has 4 nitrogen and oxygen atoms in total. The Morgan fingerprint density at radius 2 is 2.00 bits per heavy atom. The highest BCUT2D eigenvalue weighted by atomic mass is 32.2. The molecule has 2 rings (SSSR count). The van der Waals surface area contributed by atoms with Crippen molar-refractivity contribution in [1.29, 1.82) is 5.26 Å². The van der Waals surface area contributed by atoms with E-state index in [-0.39, 0.29) is 11.8 Å². The summed E-state index contributed by atoms with van der Waals surface area (Å²) in [6.45, 7) is 1.89. The van der Waals surface area contributed by atoms with Gasteiger partial charge in [0, 0.05) is 36.0 Å². The molecule has 0 heterocycles. The Morgan fingerprint density at radius 1 is 1.25 bits per heavy atom. The lowest BCUT2D eigenvalue weighted by atomic mass is 10.1. The van der Waals surface area contributed by atoms with Crippen LogP contribution in [0.15, 0.2) is 53.4 Å². The highest BCUT2D eigenvalue weighted by molar-refractivity contribution is 7.99. The monoisotopic (exact) mass is 339 g/mol. The molecule has 2 aromatic rings. The number of carbonyl (C=O) groups excluding carboxylic acids is 1. The van der Waals surface area contributed by atoms with Crippen LogP contribution in [-0.4, -0.2) is 25.8 Å². The molecule has 1 N–H and O–H groups in total. The Bertz CT molecular complexity index is 752. The van der Waals surface area contributed by atoms with Crippen LogP contribution in [0.5, 0.6) is 0 Å². The lowest BCUT2D eigenvalue weighted by Crippen LogP contribution is -2.14. The van der Waals surface area contributed by atoms with Gasteiger partial charge in [-0.25, -0.2) is 0 Å². The van der Waals surface area contributed by atoms with Gasteiger partial charge in [0.1, 0.15) is 0 Å². The summed E-state index contributed by atoms with van der Waals surface area (Å²) in [6.07, 6.45) is 0. The summed E-state index contributed by atoms with van der Waals surface area (Å²) in [5.41, 5.74) is 2.37. The fourth-order valence-corrected chi connectivity index (χ4v) is 3.02. The van der Waals surface area contributed by atoms with Gasteiger partial charge in [-0.2, -0.15) is 5.26 Å². The highest BCUT2D eigenvalue weighted by Crippen LogP contribution is 2.29. The minimum absolute atomic E-state index is 0.0319. The van der Waals surface area contributed by atoms with Gasteiger partial charge in [-0.3, -0.25) is 4.79 Å². The van der Waals surface area contributed by atoms with Crippen molar-refractivity contribution in [2.24, 2.45) is 5.92 Å². The van der Waals surface area contributed by atoms with Gasteiger partial charge in [0.2, 0.25) is 0 Å². The molecule has 0 radical (unpaired) electrons. The summed E-state index contributed by atoms with van der Waals surface area (Å²) >= 11 is 1.58. The molecule has 0 spiro atoms. The van der Waals surface area contributed by atoms with Crippen LogP contribution in [-0.2, 0) is 0 Å². The third kappa shape index (κ3) is 4.77. The maximum atomic E-state index is 12.5. The molecular weight excluding hydrogens is 318 g/mol. The number of hydrogen-bond donors (Lipinski definition) is 1. The lowest BCUT2D eigenvalue weighted by molar-refractivity contribution is 0.102. The number of anilines is 2. The van der Waals surface area contributed by atoms with E-state index in [0.717, 1.165) is 16.3 Å². The standard InChI is InChI=1S/C19H21N3OS/c1-14(12-20)13-24-18-10-5-4-9-17(18)21-19(23)15-7-6-8-16(11-15)22(2)3/h4-11,14H,13H2,1-3H3,(H,21,23)/t14-/m0/s1. The van der Waals surface area contributed by atoms with E-state index in [1.54, 1.807) is 17.8 Å². The van der Waals surface area contributed by atoms with Crippen molar-refractivity contribution in [2.45, 2.75) is 11.8 Å². The molecule has 0 unspecified atom stereocenters. The number of carbonyl (C=O) groups is 1. The molecule has 5 heteroatoms. The van der Waals surface area contributed by atoms with E-state index in [2.05, 4.69) is 11.4 Å². The number of nitriles is 1. The molecule has 124 valence electrons. The van der Waals surface area contributed by atoms with Crippen molar-refractivity contribution in [1.82, 2.24) is 0 Å². The van der Waals surface area contributed by atoms with E-state index < -0.39 is 0 Å². The van der Waals surface area contributed by atoms with Crippen molar-refractivity contribution < 1.29 is 4.79 Å². The second-order valence-corrected chi connectivity index (χ2v) is 6.80. The van der Waals surface area contributed by atoms with Crippen LogP contribution in [0.4, 0.5) is 11.4 Å². The summed E-state index contributed by atoms with van der Waals surface area (Å²) < 4.78 is 0. The number of amides is 1. The zero-order valence-electron chi connectivity index (χ0n) is 14.1. The quantitative estimate of drug-likeness (QED) is 0.799. The van der Waals surface area contributed by atoms with E-state index >= 15 is 0 Å². The molecule has 1 atom stereocenters. The first kappa shape index (κ1) is 17.9. The van der Waals surface area contributed by atoms with E-state index in [9.17, 15) is 4.79 Å². The Morgan fingerprint density at radius 3 is 2.71 bits per heavy atom. The number of benzene rings is 2. The van der Waals surface area contributed by atoms with E-state index in [1.165, 1.54) is 0 Å². The molecule has 0 aromatic heterocycles. The van der Waals surface area contributed by atoms with Crippen LogP contribution in [0, 0.1) is 17.2 Å². The summed E-state index contributed by atoms with van der Waals surface area (Å²) in [5, 5.41) is 11.9. The van der Waals surface area contributed by atoms with Crippen LogP contribution >= 0.6 is 11.8 Å². The number of para-hydroxylation sites is 1. The van der Waals surface area contributed by atoms with Gasteiger partial charge in [0.15, 0.2) is 0 Å². The van der Waals surface area contributed by atoms with Gasteiger partial charge in [0.05, 0.1) is 17.7 Å². The van der Waals surface area contributed by atoms with E-state index in [4.69, 9.17) is 5.26 Å². The molecule has 0 bridgehead atoms. The number of rotatable bonds is 6. The maximum absolute atomic E-state index is 12.5. The van der Waals surface area contributed by atoms with E-state index in [0.29, 0.717) is 11.3 Å². The Kier molecular flexibility index (Phi) is 6.28. The van der Waals surface area contributed by atoms with Crippen LogP contribution in [0.3, 0.4) is 0 Å². The van der Waals surface area contributed by atoms with Gasteiger partial charge < -0.3 is 10.2 Å². The second kappa shape index (κ2) is 8.42. The number of nitrogens with one attached hydrogen (secondary N) is 1. The Hall–Kier alpha value is -2.45. The third-order valence-corrected chi connectivity index (χ3v) is 4.80. The van der Waals surface area contributed by atoms with Crippen molar-refractivity contribution >= 4 is 29.0 Å². The first-order chi connectivity index (χ1) is 11.5. The summed E-state index contributed by atoms with van der Waals surface area (Å²) in [6, 6.07) is 17.4. The molecule has 0 saturated heterocycles. The van der Waals surface area contributed by atoms with Gasteiger partial charge >= 0.3 is 0 Å². The zero-order chi connectivity index (χ0) is 17.5. The minimum Gasteiger partial charge on any atom is -0.378 e. The number of hydrogen-bond acceptors (Lipinski definition) is 4. The van der Waals surface area contributed by atoms with Gasteiger partial charge in [-0.1, -0.05) is 18.2 Å². The summed E-state index contributed by atoms with van der Waals surface area (Å²) in [7, 11) is 3.89. The van der Waals surface area contributed by atoms with Crippen LogP contribution in [0.25, 0.3) is 0 Å². The Labute approximate surface area is 147 Å². The van der Waals surface area contributed by atoms with Gasteiger partial charge in [-0.05, 0) is 37.3 Å². The second-order valence-electron chi connectivity index (χ2n) is 5.74. The average molecular weight is 339 g/mol. The van der Waals surface area contributed by atoms with Gasteiger partial charge in [-0.15, -0.1) is 11.8 Å². The average Bonchev–Trinajstić information content (AvgIpc) is 2.60. The predicted molar refractivity (Wildman–Crippen MR) is 101 cm³/mol. The smallest absolute Gasteiger partial charge is 0.255 e. The SMILES string of the molecule is C[C@@H](C#N)CSc1ccccc1NC(=O)c1cccc(N(C)C)c1. The fraction of sp³-hybridized carbons (Fsp3) is 0.263. The van der Waals surface area contributed by atoms with Crippen molar-refractivity contribution in [3.05, 3.63) is 54.1 Å². The number of nitrogens with zero attached hydrogens (tertiary/aromatic N) is 2. The first-order valence-corrected chi connectivity index (χ1v) is 8.70. The molecule has 0 aliphatic heterocycles. The van der Waals surface area contributed by atoms with Crippen molar-refractivity contribution in [3.8, 4) is 6.07 Å². The molecule has 1 amide bonds. The molecule has 0 aliphatic carbocycles. The van der Waals surface area contributed by atoms with Crippen LogP contribution < -0.4 is 10.2 Å². The molecular formula is C19H21N3OS. The first-order valence-electron chi connectivity index (χ1n) is 7.71. The minimum atomic E-state index is -0.139. The number of thioether (sulfide) groups is 1. The Balaban J connectivity index is 2.14. The third-order valence-electron chi connectivity index (χ3n) is 3.47. The van der Waals surface area contributed by atoms with Crippen molar-refractivity contribution in [2.75, 3.05) is 30.1 Å². The topological polar surface area (TPSA) is 56.1 Å². The van der Waals surface area contributed by atoms with Crippen molar-refractivity contribution in [3.63, 3.8) is 0 Å². The molecule has 0 aliphatic rings.